The molecule has 1 saturated heterocycles. The Hall–Kier alpha value is -3.92. The molecular weight excluding hydrogens is 518 g/mol. The number of carbonyl (C=O) groups excluding carboxylic acids is 5. The van der Waals surface area contributed by atoms with Crippen molar-refractivity contribution in [3.8, 4) is 0 Å². The Morgan fingerprint density at radius 1 is 1.28 bits per heavy atom. The minimum absolute atomic E-state index is 0.0345. The summed E-state index contributed by atoms with van der Waals surface area (Å²) in [5.74, 6) is -3.34. The minimum Gasteiger partial charge on any atom is -0.462 e. The number of aromatic nitrogens is 1. The van der Waals surface area contributed by atoms with Gasteiger partial charge in [0.15, 0.2) is 10.8 Å². The van der Waals surface area contributed by atoms with Crippen LogP contribution in [0.2, 0.25) is 0 Å². The predicted octanol–water partition coefficient (Wildman–Crippen LogP) is -0.259. The molecule has 0 aliphatic carbocycles. The summed E-state index contributed by atoms with van der Waals surface area (Å²) in [4.78, 5) is 65.4. The molecule has 1 fully saturated rings. The average molecular weight is 540 g/mol. The number of nitrogens with zero attached hydrogens (tertiary/aromatic N) is 3. The number of β-lactam (4-membered cyclic amide) rings is 1. The summed E-state index contributed by atoms with van der Waals surface area (Å²) >= 11 is 2.29. The Balaban J connectivity index is 1.78. The first-order valence-corrected chi connectivity index (χ1v) is 12.1. The number of thioether (sulfide) groups is 1. The first-order valence-electron chi connectivity index (χ1n) is 10.2. The van der Waals surface area contributed by atoms with E-state index in [2.05, 4.69) is 20.2 Å². The molecule has 1 aromatic heterocycles. The van der Waals surface area contributed by atoms with Crippen LogP contribution in [-0.4, -0.2) is 81.1 Å². The van der Waals surface area contributed by atoms with Crippen LogP contribution in [0.4, 0.5) is 5.13 Å². The second kappa shape index (κ2) is 11.7. The summed E-state index contributed by atoms with van der Waals surface area (Å²) in [7, 11) is 0. The zero-order valence-electron chi connectivity index (χ0n) is 19.0. The van der Waals surface area contributed by atoms with Crippen LogP contribution in [0.5, 0.6) is 0 Å². The number of thiazole rings is 1. The summed E-state index contributed by atoms with van der Waals surface area (Å²) in [6, 6.07) is -1.04. The molecule has 0 bridgehead atoms. The number of amides is 2. The first-order chi connectivity index (χ1) is 17.1. The fourth-order valence-corrected chi connectivity index (χ4v) is 5.04. The topological polar surface area (TPSA) is 200 Å². The zero-order valence-corrected chi connectivity index (χ0v) is 20.6. The van der Waals surface area contributed by atoms with E-state index in [9.17, 15) is 29.2 Å². The molecule has 0 saturated carbocycles. The number of hydrogen-bond acceptors (Lipinski definition) is 14. The molecule has 4 N–H and O–H groups in total. The van der Waals surface area contributed by atoms with E-state index in [1.165, 1.54) is 36.2 Å². The molecule has 0 aromatic carbocycles. The van der Waals surface area contributed by atoms with Crippen molar-refractivity contribution >= 4 is 63.7 Å². The molecule has 2 aliphatic heterocycles. The van der Waals surface area contributed by atoms with Gasteiger partial charge >= 0.3 is 17.9 Å². The predicted molar refractivity (Wildman–Crippen MR) is 125 cm³/mol. The molecule has 3 heterocycles. The molecule has 1 aromatic rings. The van der Waals surface area contributed by atoms with Crippen LogP contribution < -0.4 is 11.1 Å². The quantitative estimate of drug-likeness (QED) is 0.0929. The number of oxime groups is 1. The Morgan fingerprint density at radius 2 is 2.00 bits per heavy atom. The van der Waals surface area contributed by atoms with E-state index in [1.54, 1.807) is 0 Å². The van der Waals surface area contributed by atoms with E-state index in [1.807, 2.05) is 0 Å². The molecule has 2 atom stereocenters. The van der Waals surface area contributed by atoms with E-state index in [0.717, 1.165) is 23.2 Å². The standard InChI is InChI=1S/C20H21N5O9S2/c1-9(26)32-5-3-4-11-6-35-18-14(23-16(28)13(24-31)12-7-36-20(21)22-12)17(29)25(18)15(11)19(30)34-8-33-10(2)27/h3-4,7,14,18,31H,5-6,8H2,1-2H3,(H2,21,22)(H,23,28)/b4-3-,24-13-/t14-,18-/m1/s1. The average Bonchev–Trinajstić information content (AvgIpc) is 3.25. The lowest BCUT2D eigenvalue weighted by Crippen LogP contribution is -2.71. The van der Waals surface area contributed by atoms with Gasteiger partial charge in [-0.2, -0.15) is 0 Å². The molecule has 36 heavy (non-hydrogen) atoms. The van der Waals surface area contributed by atoms with Gasteiger partial charge in [-0.15, -0.1) is 23.1 Å². The molecule has 14 nitrogen and oxygen atoms in total. The lowest BCUT2D eigenvalue weighted by Gasteiger charge is -2.49. The van der Waals surface area contributed by atoms with Gasteiger partial charge < -0.3 is 30.5 Å². The van der Waals surface area contributed by atoms with Gasteiger partial charge in [0.1, 0.15) is 29.4 Å². The molecular formula is C20H21N5O9S2. The van der Waals surface area contributed by atoms with E-state index < -0.39 is 53.6 Å². The summed E-state index contributed by atoms with van der Waals surface area (Å²) in [5, 5.41) is 15.6. The summed E-state index contributed by atoms with van der Waals surface area (Å²) < 4.78 is 14.4. The summed E-state index contributed by atoms with van der Waals surface area (Å²) in [6.07, 6.45) is 3.00. The van der Waals surface area contributed by atoms with Crippen molar-refractivity contribution in [1.82, 2.24) is 15.2 Å². The molecule has 0 unspecified atom stereocenters. The molecule has 0 radical (unpaired) electrons. The second-order valence-corrected chi connectivity index (χ2v) is 9.14. The molecule has 192 valence electrons. The lowest BCUT2D eigenvalue weighted by atomic mass is 10.0. The maximum absolute atomic E-state index is 13.0. The van der Waals surface area contributed by atoms with Gasteiger partial charge in [0.2, 0.25) is 6.79 Å². The Labute approximate surface area is 212 Å². The zero-order chi connectivity index (χ0) is 26.4. The van der Waals surface area contributed by atoms with Crippen LogP contribution >= 0.6 is 23.1 Å². The van der Waals surface area contributed by atoms with E-state index in [0.29, 0.717) is 5.57 Å². The molecule has 2 aliphatic rings. The fraction of sp³-hybridized carbons (Fsp3) is 0.350. The third kappa shape index (κ3) is 6.01. The van der Waals surface area contributed by atoms with E-state index >= 15 is 0 Å². The van der Waals surface area contributed by atoms with Gasteiger partial charge in [-0.1, -0.05) is 11.2 Å². The van der Waals surface area contributed by atoms with Gasteiger partial charge in [0.25, 0.3) is 11.8 Å². The van der Waals surface area contributed by atoms with Crippen LogP contribution in [-0.2, 0) is 38.2 Å². The molecule has 3 rings (SSSR count). The van der Waals surface area contributed by atoms with Crippen molar-refractivity contribution in [2.24, 2.45) is 5.16 Å². The van der Waals surface area contributed by atoms with Crippen LogP contribution in [0, 0.1) is 0 Å². The number of nitrogens with two attached hydrogens (primary N) is 1. The van der Waals surface area contributed by atoms with E-state index in [-0.39, 0.29) is 28.9 Å². The monoisotopic (exact) mass is 539 g/mol. The van der Waals surface area contributed by atoms with Crippen LogP contribution in [0.3, 0.4) is 0 Å². The van der Waals surface area contributed by atoms with Crippen molar-refractivity contribution in [3.05, 3.63) is 34.5 Å². The molecule has 16 heteroatoms. The normalized spacial score (nSPS) is 19.4. The van der Waals surface area contributed by atoms with Crippen molar-refractivity contribution in [2.75, 3.05) is 24.9 Å². The summed E-state index contributed by atoms with van der Waals surface area (Å²) in [6.45, 7) is 1.67. The fourth-order valence-electron chi connectivity index (χ4n) is 3.17. The molecule has 2 amide bonds. The van der Waals surface area contributed by atoms with Gasteiger partial charge in [-0.25, -0.2) is 9.78 Å². The number of fused-ring (bicyclic) bond motifs is 1. The van der Waals surface area contributed by atoms with E-state index in [4.69, 9.17) is 15.2 Å². The van der Waals surface area contributed by atoms with Crippen molar-refractivity contribution in [3.63, 3.8) is 0 Å². The number of allylic oxidation sites excluding steroid dienone is 1. The van der Waals surface area contributed by atoms with Gasteiger partial charge in [-0.05, 0) is 11.6 Å². The highest BCUT2D eigenvalue weighted by Crippen LogP contribution is 2.41. The van der Waals surface area contributed by atoms with Gasteiger partial charge in [0.05, 0.1) is 0 Å². The molecule has 0 spiro atoms. The van der Waals surface area contributed by atoms with Crippen molar-refractivity contribution in [1.29, 1.82) is 0 Å². The number of nitrogens with one attached hydrogen (secondary N) is 1. The number of esters is 3. The highest BCUT2D eigenvalue weighted by molar-refractivity contribution is 8.00. The Kier molecular flexibility index (Phi) is 8.65. The number of carbonyl (C=O) groups is 5. The van der Waals surface area contributed by atoms with Crippen molar-refractivity contribution < 1.29 is 43.4 Å². The van der Waals surface area contributed by atoms with Crippen molar-refractivity contribution in [2.45, 2.75) is 25.3 Å². The first kappa shape index (κ1) is 26.7. The number of hydrogen-bond donors (Lipinski definition) is 3. The number of rotatable bonds is 9. The largest absolute Gasteiger partial charge is 0.462 e. The van der Waals surface area contributed by atoms with Gasteiger partial charge in [-0.3, -0.25) is 24.1 Å². The smallest absolute Gasteiger partial charge is 0.358 e. The Morgan fingerprint density at radius 3 is 2.61 bits per heavy atom. The highest BCUT2D eigenvalue weighted by Gasteiger charge is 2.54. The maximum atomic E-state index is 13.0. The van der Waals surface area contributed by atoms with Crippen LogP contribution in [0.1, 0.15) is 19.5 Å². The Bertz CT molecular complexity index is 1180. The van der Waals surface area contributed by atoms with Gasteiger partial charge in [0, 0.05) is 25.0 Å². The number of anilines is 1. The second-order valence-electron chi connectivity index (χ2n) is 7.14. The number of nitrogen functional groups attached to an aromatic ring is 1. The SMILES string of the molecule is CC(=O)OC/C=C\C1=C(C(=O)OCOC(C)=O)N2C(=O)[C@@H](NC(=O)/C(=N\O)c3csc(N)n3)[C@H]2SC1. The van der Waals surface area contributed by atoms with Crippen LogP contribution in [0.25, 0.3) is 0 Å². The third-order valence-corrected chi connectivity index (χ3v) is 6.69. The number of ether oxygens (including phenoxy) is 3. The lowest BCUT2D eigenvalue weighted by molar-refractivity contribution is -0.166. The van der Waals surface area contributed by atoms with Crippen LogP contribution in [0.15, 0.2) is 34.0 Å². The third-order valence-electron chi connectivity index (χ3n) is 4.71. The highest BCUT2D eigenvalue weighted by atomic mass is 32.2. The minimum atomic E-state index is -1.04. The summed E-state index contributed by atoms with van der Waals surface area (Å²) in [5.41, 5.74) is 5.44. The maximum Gasteiger partial charge on any atom is 0.358 e.